The Morgan fingerprint density at radius 2 is 1.86 bits per heavy atom. The van der Waals surface area contributed by atoms with Gasteiger partial charge in [-0.3, -0.25) is 4.79 Å². The molecule has 6 nitrogen and oxygen atoms in total. The molecule has 2 aromatic rings. The van der Waals surface area contributed by atoms with Gasteiger partial charge in [0.2, 0.25) is 0 Å². The van der Waals surface area contributed by atoms with Crippen LogP contribution in [0.15, 0.2) is 48.5 Å². The maximum absolute atomic E-state index is 13.1. The molecule has 0 aromatic heterocycles. The monoisotopic (exact) mass is 383 g/mol. The van der Waals surface area contributed by atoms with Crippen molar-refractivity contribution in [3.05, 3.63) is 59.7 Å². The minimum absolute atomic E-state index is 0.00495. The summed E-state index contributed by atoms with van der Waals surface area (Å²) in [6.45, 7) is 0.675. The highest BCUT2D eigenvalue weighted by molar-refractivity contribution is 5.95. The SMILES string of the molecule is COc1ccc(C(=O)N2C[C@@H](O)[C@@]3(C2)[C@H](CO)[C@H]3c2ccccc2)cc1OC. The van der Waals surface area contributed by atoms with Crippen molar-refractivity contribution in [3.8, 4) is 11.5 Å². The number of aliphatic hydroxyl groups excluding tert-OH is 2. The number of rotatable bonds is 5. The van der Waals surface area contributed by atoms with Crippen molar-refractivity contribution in [2.75, 3.05) is 33.9 Å². The number of carbonyl (C=O) groups is 1. The highest BCUT2D eigenvalue weighted by atomic mass is 16.5. The molecule has 0 radical (unpaired) electrons. The van der Waals surface area contributed by atoms with Crippen LogP contribution < -0.4 is 9.47 Å². The number of nitrogens with zero attached hydrogens (tertiary/aromatic N) is 1. The van der Waals surface area contributed by atoms with E-state index in [2.05, 4.69) is 0 Å². The fourth-order valence-electron chi connectivity index (χ4n) is 4.87. The van der Waals surface area contributed by atoms with Crippen LogP contribution >= 0.6 is 0 Å². The quantitative estimate of drug-likeness (QED) is 0.825. The number of amides is 1. The van der Waals surface area contributed by atoms with Gasteiger partial charge in [-0.2, -0.15) is 0 Å². The molecule has 1 saturated heterocycles. The highest BCUT2D eigenvalue weighted by Crippen LogP contribution is 2.68. The summed E-state index contributed by atoms with van der Waals surface area (Å²) < 4.78 is 10.5. The zero-order valence-corrected chi connectivity index (χ0v) is 16.0. The Morgan fingerprint density at radius 3 is 2.50 bits per heavy atom. The van der Waals surface area contributed by atoms with E-state index in [0.29, 0.717) is 23.6 Å². The van der Waals surface area contributed by atoms with Gasteiger partial charge >= 0.3 is 0 Å². The summed E-state index contributed by atoms with van der Waals surface area (Å²) in [5, 5.41) is 20.8. The maximum Gasteiger partial charge on any atom is 0.254 e. The van der Waals surface area contributed by atoms with E-state index >= 15 is 0 Å². The Bertz CT molecular complexity index is 870. The van der Waals surface area contributed by atoms with Crippen molar-refractivity contribution < 1.29 is 24.5 Å². The Kier molecular flexibility index (Phi) is 4.77. The Morgan fingerprint density at radius 1 is 1.14 bits per heavy atom. The topological polar surface area (TPSA) is 79.2 Å². The molecule has 1 saturated carbocycles. The third kappa shape index (κ3) is 2.75. The smallest absolute Gasteiger partial charge is 0.254 e. The van der Waals surface area contributed by atoms with Crippen LogP contribution in [0.1, 0.15) is 21.8 Å². The first kappa shape index (κ1) is 18.8. The van der Waals surface area contributed by atoms with Crippen molar-refractivity contribution in [2.45, 2.75) is 12.0 Å². The third-order valence-electron chi connectivity index (χ3n) is 6.31. The fraction of sp³-hybridized carbons (Fsp3) is 0.409. The second-order valence-electron chi connectivity index (χ2n) is 7.56. The first-order chi connectivity index (χ1) is 13.6. The first-order valence-corrected chi connectivity index (χ1v) is 9.42. The van der Waals surface area contributed by atoms with Crippen molar-refractivity contribution in [1.29, 1.82) is 0 Å². The minimum atomic E-state index is -0.668. The molecule has 1 aliphatic carbocycles. The van der Waals surface area contributed by atoms with Crippen LogP contribution in [0, 0.1) is 11.3 Å². The van der Waals surface area contributed by atoms with Gasteiger partial charge in [0, 0.05) is 30.7 Å². The van der Waals surface area contributed by atoms with Crippen molar-refractivity contribution in [2.24, 2.45) is 11.3 Å². The predicted molar refractivity (Wildman–Crippen MR) is 104 cm³/mol. The molecule has 2 fully saturated rings. The molecule has 1 amide bonds. The molecule has 28 heavy (non-hydrogen) atoms. The van der Waals surface area contributed by atoms with Crippen LogP contribution in [0.5, 0.6) is 11.5 Å². The van der Waals surface area contributed by atoms with Crippen LogP contribution in [0.25, 0.3) is 0 Å². The molecule has 4 rings (SSSR count). The minimum Gasteiger partial charge on any atom is -0.493 e. The van der Waals surface area contributed by atoms with Gasteiger partial charge in [0.05, 0.1) is 20.3 Å². The van der Waals surface area contributed by atoms with Gasteiger partial charge < -0.3 is 24.6 Å². The van der Waals surface area contributed by atoms with Gasteiger partial charge in [-0.1, -0.05) is 30.3 Å². The number of hydrogen-bond acceptors (Lipinski definition) is 5. The lowest BCUT2D eigenvalue weighted by atomic mass is 9.95. The Labute approximate surface area is 164 Å². The average Bonchev–Trinajstić information content (AvgIpc) is 3.28. The standard InChI is InChI=1S/C22H25NO5/c1-27-17-9-8-15(10-18(17)28-2)21(26)23-11-19(25)22(13-23)16(12-24)20(22)14-6-4-3-5-7-14/h3-10,16,19-20,24-25H,11-13H2,1-2H3/t16-,19-,20-,22-/m1/s1. The number of carbonyl (C=O) groups excluding carboxylic acids is 1. The summed E-state index contributed by atoms with van der Waals surface area (Å²) in [5.74, 6) is 0.894. The zero-order valence-electron chi connectivity index (χ0n) is 16.0. The van der Waals surface area contributed by atoms with Gasteiger partial charge in [0.25, 0.3) is 5.91 Å². The van der Waals surface area contributed by atoms with Crippen LogP contribution in [0.4, 0.5) is 0 Å². The van der Waals surface area contributed by atoms with E-state index in [0.717, 1.165) is 5.56 Å². The van der Waals surface area contributed by atoms with Crippen LogP contribution in [0.3, 0.4) is 0 Å². The molecular formula is C22H25NO5. The number of hydrogen-bond donors (Lipinski definition) is 2. The summed E-state index contributed by atoms with van der Waals surface area (Å²) in [6, 6.07) is 15.0. The Hall–Kier alpha value is -2.57. The second-order valence-corrected chi connectivity index (χ2v) is 7.56. The van der Waals surface area contributed by atoms with Crippen molar-refractivity contribution >= 4 is 5.91 Å². The van der Waals surface area contributed by atoms with E-state index in [4.69, 9.17) is 9.47 Å². The summed E-state index contributed by atoms with van der Waals surface area (Å²) in [7, 11) is 3.08. The molecule has 1 spiro atoms. The van der Waals surface area contributed by atoms with Crippen LogP contribution in [-0.4, -0.2) is 61.0 Å². The van der Waals surface area contributed by atoms with Crippen molar-refractivity contribution in [3.63, 3.8) is 0 Å². The van der Waals surface area contributed by atoms with E-state index in [9.17, 15) is 15.0 Å². The molecule has 0 unspecified atom stereocenters. The Balaban J connectivity index is 1.58. The number of ether oxygens (including phenoxy) is 2. The van der Waals surface area contributed by atoms with Crippen molar-refractivity contribution in [1.82, 2.24) is 4.90 Å². The summed E-state index contributed by atoms with van der Waals surface area (Å²) in [5.41, 5.74) is 1.10. The molecule has 2 aliphatic rings. The molecule has 2 N–H and O–H groups in total. The number of aliphatic hydroxyl groups is 2. The molecule has 148 valence electrons. The normalized spacial score (nSPS) is 28.4. The maximum atomic E-state index is 13.1. The van der Waals surface area contributed by atoms with E-state index in [1.165, 1.54) is 7.11 Å². The lowest BCUT2D eigenvalue weighted by molar-refractivity contribution is 0.0763. The average molecular weight is 383 g/mol. The zero-order chi connectivity index (χ0) is 19.9. The number of likely N-dealkylation sites (tertiary alicyclic amines) is 1. The lowest BCUT2D eigenvalue weighted by Gasteiger charge is -2.18. The van der Waals surface area contributed by atoms with Gasteiger partial charge in [0.1, 0.15) is 0 Å². The first-order valence-electron chi connectivity index (χ1n) is 9.42. The molecule has 6 heteroatoms. The number of β-amino-alcohol motifs (C(OH)–C–C–N with tert-alkyl or cyclic N) is 1. The van der Waals surface area contributed by atoms with E-state index in [1.54, 1.807) is 30.2 Å². The van der Waals surface area contributed by atoms with Crippen LogP contribution in [0.2, 0.25) is 0 Å². The third-order valence-corrected chi connectivity index (χ3v) is 6.31. The lowest BCUT2D eigenvalue weighted by Crippen LogP contribution is -2.29. The van der Waals surface area contributed by atoms with E-state index in [1.807, 2.05) is 30.3 Å². The number of benzene rings is 2. The van der Waals surface area contributed by atoms with Crippen LogP contribution in [-0.2, 0) is 0 Å². The molecule has 1 heterocycles. The molecule has 4 atom stereocenters. The summed E-state index contributed by atoms with van der Waals surface area (Å²) in [6.07, 6.45) is -0.668. The van der Waals surface area contributed by atoms with Gasteiger partial charge in [-0.05, 0) is 35.6 Å². The van der Waals surface area contributed by atoms with E-state index in [-0.39, 0.29) is 30.9 Å². The molecule has 0 bridgehead atoms. The molecule has 2 aromatic carbocycles. The van der Waals surface area contributed by atoms with Gasteiger partial charge in [0.15, 0.2) is 11.5 Å². The molecular weight excluding hydrogens is 358 g/mol. The second kappa shape index (κ2) is 7.11. The molecule has 1 aliphatic heterocycles. The van der Waals surface area contributed by atoms with Gasteiger partial charge in [-0.15, -0.1) is 0 Å². The number of methoxy groups -OCH3 is 2. The summed E-state index contributed by atoms with van der Waals surface area (Å²) >= 11 is 0. The largest absolute Gasteiger partial charge is 0.493 e. The van der Waals surface area contributed by atoms with E-state index < -0.39 is 11.5 Å². The van der Waals surface area contributed by atoms with Gasteiger partial charge in [-0.25, -0.2) is 0 Å². The fourth-order valence-corrected chi connectivity index (χ4v) is 4.87. The summed E-state index contributed by atoms with van der Waals surface area (Å²) in [4.78, 5) is 14.7. The predicted octanol–water partition coefficient (Wildman–Crippen LogP) is 1.91. The highest BCUT2D eigenvalue weighted by Gasteiger charge is 2.71.